The maximum Gasteiger partial charge on any atom is 0.174 e. The molecule has 17 heavy (non-hydrogen) atoms. The maximum atomic E-state index is 10.1. The molecule has 2 rings (SSSR count). The van der Waals surface area contributed by atoms with Crippen LogP contribution in [0.15, 0.2) is 39.6 Å². The molecular formula is C13H12BrClO2. The van der Waals surface area contributed by atoms with Crippen molar-refractivity contribution in [2.75, 3.05) is 0 Å². The molecule has 2 nitrogen and oxygen atoms in total. The van der Waals surface area contributed by atoms with Gasteiger partial charge in [0.2, 0.25) is 0 Å². The van der Waals surface area contributed by atoms with Crippen LogP contribution in [0, 0.1) is 6.92 Å². The van der Waals surface area contributed by atoms with Crippen molar-refractivity contribution in [3.8, 4) is 0 Å². The number of hydrogen-bond donors (Lipinski definition) is 1. The summed E-state index contributed by atoms with van der Waals surface area (Å²) in [4.78, 5) is 0. The first-order chi connectivity index (χ1) is 8.08. The van der Waals surface area contributed by atoms with Crippen LogP contribution in [0.1, 0.15) is 22.8 Å². The predicted octanol–water partition coefficient (Wildman–Crippen LogP) is 4.28. The third-order valence-corrected chi connectivity index (χ3v) is 3.62. The van der Waals surface area contributed by atoms with Crippen LogP contribution in [0.5, 0.6) is 0 Å². The van der Waals surface area contributed by atoms with Crippen molar-refractivity contribution in [3.63, 3.8) is 0 Å². The molecule has 0 aliphatic carbocycles. The van der Waals surface area contributed by atoms with Crippen molar-refractivity contribution in [1.29, 1.82) is 0 Å². The second-order valence-corrected chi connectivity index (χ2v) is 5.09. The Kier molecular flexibility index (Phi) is 3.92. The quantitative estimate of drug-likeness (QED) is 0.917. The summed E-state index contributed by atoms with van der Waals surface area (Å²) in [6.07, 6.45) is 1.39. The van der Waals surface area contributed by atoms with Gasteiger partial charge in [-0.1, -0.05) is 23.7 Å². The van der Waals surface area contributed by atoms with E-state index in [0.29, 0.717) is 16.1 Å². The molecule has 1 aromatic carbocycles. The molecule has 0 saturated carbocycles. The Balaban J connectivity index is 2.19. The molecular weight excluding hydrogens is 303 g/mol. The lowest BCUT2D eigenvalue weighted by Crippen LogP contribution is -2.01. The zero-order chi connectivity index (χ0) is 12.4. The van der Waals surface area contributed by atoms with Crippen molar-refractivity contribution in [2.24, 2.45) is 0 Å². The Morgan fingerprint density at radius 1 is 1.41 bits per heavy atom. The summed E-state index contributed by atoms with van der Waals surface area (Å²) in [5.74, 6) is 0. The molecule has 2 aromatic rings. The van der Waals surface area contributed by atoms with E-state index in [-0.39, 0.29) is 0 Å². The van der Waals surface area contributed by atoms with E-state index in [1.54, 1.807) is 12.3 Å². The van der Waals surface area contributed by atoms with E-state index in [9.17, 15) is 5.11 Å². The summed E-state index contributed by atoms with van der Waals surface area (Å²) in [7, 11) is 0. The topological polar surface area (TPSA) is 33.4 Å². The van der Waals surface area contributed by atoms with E-state index >= 15 is 0 Å². The van der Waals surface area contributed by atoms with Crippen LogP contribution in [0.3, 0.4) is 0 Å². The molecule has 90 valence electrons. The van der Waals surface area contributed by atoms with Gasteiger partial charge < -0.3 is 9.52 Å². The van der Waals surface area contributed by atoms with Crippen LogP contribution in [-0.2, 0) is 6.42 Å². The van der Waals surface area contributed by atoms with Crippen molar-refractivity contribution in [1.82, 2.24) is 0 Å². The number of hydrogen-bond acceptors (Lipinski definition) is 2. The van der Waals surface area contributed by atoms with Gasteiger partial charge in [0.15, 0.2) is 4.67 Å². The molecule has 1 atom stereocenters. The SMILES string of the molecule is Cc1ccc(CC(O)c2ccoc2Br)c(Cl)c1. The molecule has 4 heteroatoms. The Morgan fingerprint density at radius 2 is 2.18 bits per heavy atom. The lowest BCUT2D eigenvalue weighted by Gasteiger charge is -2.11. The third kappa shape index (κ3) is 2.92. The highest BCUT2D eigenvalue weighted by Crippen LogP contribution is 2.29. The van der Waals surface area contributed by atoms with E-state index in [1.807, 2.05) is 25.1 Å². The van der Waals surface area contributed by atoms with Crippen LogP contribution < -0.4 is 0 Å². The highest BCUT2D eigenvalue weighted by atomic mass is 79.9. The average molecular weight is 316 g/mol. The molecule has 0 aliphatic rings. The highest BCUT2D eigenvalue weighted by Gasteiger charge is 2.15. The fourth-order valence-electron chi connectivity index (χ4n) is 1.68. The number of aryl methyl sites for hydroxylation is 1. The fourth-order valence-corrected chi connectivity index (χ4v) is 2.50. The highest BCUT2D eigenvalue weighted by molar-refractivity contribution is 9.10. The van der Waals surface area contributed by atoms with Gasteiger partial charge in [-0.2, -0.15) is 0 Å². The number of furan rings is 1. The van der Waals surface area contributed by atoms with Crippen molar-refractivity contribution in [2.45, 2.75) is 19.4 Å². The number of aliphatic hydroxyl groups excluding tert-OH is 1. The lowest BCUT2D eigenvalue weighted by molar-refractivity contribution is 0.176. The minimum absolute atomic E-state index is 0.469. The van der Waals surface area contributed by atoms with Gasteiger partial charge >= 0.3 is 0 Å². The molecule has 0 saturated heterocycles. The molecule has 1 unspecified atom stereocenters. The lowest BCUT2D eigenvalue weighted by atomic mass is 10.0. The van der Waals surface area contributed by atoms with E-state index in [1.165, 1.54) is 0 Å². The fraction of sp³-hybridized carbons (Fsp3) is 0.231. The second kappa shape index (κ2) is 5.25. The number of halogens is 2. The predicted molar refractivity (Wildman–Crippen MR) is 71.3 cm³/mol. The number of aliphatic hydroxyl groups is 1. The van der Waals surface area contributed by atoms with Crippen LogP contribution in [0.4, 0.5) is 0 Å². The van der Waals surface area contributed by atoms with Crippen LogP contribution in [-0.4, -0.2) is 5.11 Å². The zero-order valence-electron chi connectivity index (χ0n) is 9.28. The van der Waals surface area contributed by atoms with Crippen molar-refractivity contribution in [3.05, 3.63) is 56.9 Å². The van der Waals surface area contributed by atoms with E-state index in [0.717, 1.165) is 16.7 Å². The van der Waals surface area contributed by atoms with E-state index < -0.39 is 6.10 Å². The second-order valence-electron chi connectivity index (χ2n) is 3.96. The summed E-state index contributed by atoms with van der Waals surface area (Å²) in [5.41, 5.74) is 2.78. The standard InChI is InChI=1S/C13H12BrClO2/c1-8-2-3-9(11(15)6-8)7-12(16)10-4-5-17-13(10)14/h2-6,12,16H,7H2,1H3. The summed E-state index contributed by atoms with van der Waals surface area (Å²) >= 11 is 9.38. The Labute approximate surface area is 113 Å². The van der Waals surface area contributed by atoms with Gasteiger partial charge in [-0.05, 0) is 46.1 Å². The number of rotatable bonds is 3. The van der Waals surface area contributed by atoms with Crippen LogP contribution in [0.2, 0.25) is 5.02 Å². The van der Waals surface area contributed by atoms with Crippen molar-refractivity contribution < 1.29 is 9.52 Å². The molecule has 0 amide bonds. The normalized spacial score (nSPS) is 12.7. The summed E-state index contributed by atoms with van der Waals surface area (Å²) in [6, 6.07) is 7.57. The minimum Gasteiger partial charge on any atom is -0.457 e. The summed E-state index contributed by atoms with van der Waals surface area (Å²) in [5, 5.41) is 10.8. The molecule has 0 bridgehead atoms. The van der Waals surface area contributed by atoms with E-state index in [4.69, 9.17) is 16.0 Å². The molecule has 0 radical (unpaired) electrons. The Bertz CT molecular complexity index is 522. The van der Waals surface area contributed by atoms with Gasteiger partial charge in [-0.25, -0.2) is 0 Å². The zero-order valence-corrected chi connectivity index (χ0v) is 11.6. The molecule has 0 fully saturated rings. The van der Waals surface area contributed by atoms with Crippen molar-refractivity contribution >= 4 is 27.5 Å². The van der Waals surface area contributed by atoms with Crippen LogP contribution >= 0.6 is 27.5 Å². The first kappa shape index (κ1) is 12.7. The van der Waals surface area contributed by atoms with E-state index in [2.05, 4.69) is 15.9 Å². The number of benzene rings is 1. The van der Waals surface area contributed by atoms with Gasteiger partial charge in [0.1, 0.15) is 0 Å². The average Bonchev–Trinajstić information content (AvgIpc) is 2.68. The monoisotopic (exact) mass is 314 g/mol. The van der Waals surface area contributed by atoms with Gasteiger partial charge in [-0.3, -0.25) is 0 Å². The Morgan fingerprint density at radius 3 is 2.76 bits per heavy atom. The van der Waals surface area contributed by atoms with Gasteiger partial charge in [0, 0.05) is 17.0 Å². The van der Waals surface area contributed by atoms with Crippen LogP contribution in [0.25, 0.3) is 0 Å². The molecule has 1 N–H and O–H groups in total. The molecule has 0 aliphatic heterocycles. The summed E-state index contributed by atoms with van der Waals surface area (Å²) < 4.78 is 5.66. The molecule has 1 heterocycles. The molecule has 0 spiro atoms. The minimum atomic E-state index is -0.622. The molecule has 1 aromatic heterocycles. The van der Waals surface area contributed by atoms with Gasteiger partial charge in [-0.15, -0.1) is 0 Å². The van der Waals surface area contributed by atoms with Gasteiger partial charge in [0.25, 0.3) is 0 Å². The van der Waals surface area contributed by atoms with Gasteiger partial charge in [0.05, 0.1) is 12.4 Å². The maximum absolute atomic E-state index is 10.1. The largest absolute Gasteiger partial charge is 0.457 e. The first-order valence-corrected chi connectivity index (χ1v) is 6.41. The smallest absolute Gasteiger partial charge is 0.174 e. The Hall–Kier alpha value is -0.770. The summed E-state index contributed by atoms with van der Waals surface area (Å²) in [6.45, 7) is 1.98. The third-order valence-electron chi connectivity index (χ3n) is 2.63. The first-order valence-electron chi connectivity index (χ1n) is 5.24.